The van der Waals surface area contributed by atoms with Crippen molar-refractivity contribution in [2.75, 3.05) is 16.8 Å². The molecule has 1 saturated heterocycles. The first kappa shape index (κ1) is 23.3. The van der Waals surface area contributed by atoms with Crippen LogP contribution in [0, 0.1) is 6.92 Å². The smallest absolute Gasteiger partial charge is 0.244 e. The van der Waals surface area contributed by atoms with Gasteiger partial charge in [0, 0.05) is 29.5 Å². The van der Waals surface area contributed by atoms with E-state index < -0.39 is 5.25 Å². The fourth-order valence-electron chi connectivity index (χ4n) is 4.08. The molecular formula is C27H24N4O2S2. The van der Waals surface area contributed by atoms with Crippen molar-refractivity contribution in [1.29, 1.82) is 0 Å². The Labute approximate surface area is 212 Å². The summed E-state index contributed by atoms with van der Waals surface area (Å²) >= 11 is 2.83. The van der Waals surface area contributed by atoms with E-state index in [1.54, 1.807) is 4.90 Å². The fourth-order valence-corrected chi connectivity index (χ4v) is 5.96. The highest BCUT2D eigenvalue weighted by Crippen LogP contribution is 2.38. The van der Waals surface area contributed by atoms with E-state index >= 15 is 0 Å². The molecule has 35 heavy (non-hydrogen) atoms. The summed E-state index contributed by atoms with van der Waals surface area (Å²) in [7, 11) is 0. The predicted molar refractivity (Wildman–Crippen MR) is 141 cm³/mol. The second kappa shape index (κ2) is 10.4. The Hall–Kier alpha value is -3.49. The van der Waals surface area contributed by atoms with Gasteiger partial charge in [-0.2, -0.15) is 0 Å². The van der Waals surface area contributed by atoms with Gasteiger partial charge in [0.05, 0.1) is 0 Å². The van der Waals surface area contributed by atoms with Crippen molar-refractivity contribution in [2.45, 2.75) is 29.4 Å². The quantitative estimate of drug-likeness (QED) is 0.323. The molecule has 3 aromatic carbocycles. The number of hydrogen-bond acceptors (Lipinski definition) is 6. The van der Waals surface area contributed by atoms with Crippen LogP contribution < -0.4 is 10.2 Å². The van der Waals surface area contributed by atoms with Gasteiger partial charge in [-0.1, -0.05) is 72.0 Å². The maximum Gasteiger partial charge on any atom is 0.244 e. The van der Waals surface area contributed by atoms with Crippen LogP contribution in [0.3, 0.4) is 0 Å². The van der Waals surface area contributed by atoms with Gasteiger partial charge in [-0.3, -0.25) is 14.9 Å². The molecule has 0 spiro atoms. The number of rotatable bonds is 7. The van der Waals surface area contributed by atoms with Crippen LogP contribution in [0.1, 0.15) is 33.7 Å². The molecule has 6 nitrogen and oxygen atoms in total. The third-order valence-electron chi connectivity index (χ3n) is 5.80. The number of carbonyl (C=O) groups is 2. The molecule has 2 atom stereocenters. The minimum atomic E-state index is -0.434. The van der Waals surface area contributed by atoms with Gasteiger partial charge in [0.2, 0.25) is 16.9 Å². The number of anilines is 2. The number of thioether (sulfide) groups is 1. The lowest BCUT2D eigenvalue weighted by molar-refractivity contribution is -0.117. The lowest BCUT2D eigenvalue weighted by atomic mass is 10.1. The number of nitrogens with zero attached hydrogens (tertiary/aromatic N) is 3. The summed E-state index contributed by atoms with van der Waals surface area (Å²) in [5, 5.41) is 12.3. The number of aromatic nitrogens is 2. The summed E-state index contributed by atoms with van der Waals surface area (Å²) in [5.74, 6) is -0.129. The van der Waals surface area contributed by atoms with Gasteiger partial charge in [-0.25, -0.2) is 0 Å². The SMILES string of the molecule is Cc1cccc(N2CC(c3nnc(NC(=O)C(Sc4ccccc4)c4ccccc4)s3)CC2=O)c1. The Morgan fingerprint density at radius 2 is 1.77 bits per heavy atom. The molecule has 2 heterocycles. The van der Waals surface area contributed by atoms with E-state index in [1.165, 1.54) is 23.1 Å². The Morgan fingerprint density at radius 3 is 2.51 bits per heavy atom. The highest BCUT2D eigenvalue weighted by Gasteiger charge is 2.34. The molecule has 0 bridgehead atoms. The first-order valence-electron chi connectivity index (χ1n) is 11.3. The Balaban J connectivity index is 1.30. The molecule has 1 aliphatic heterocycles. The van der Waals surface area contributed by atoms with Crippen molar-refractivity contribution >= 4 is 45.7 Å². The van der Waals surface area contributed by atoms with Crippen LogP contribution in [0.15, 0.2) is 89.8 Å². The van der Waals surface area contributed by atoms with Gasteiger partial charge in [0.15, 0.2) is 0 Å². The normalized spacial score (nSPS) is 16.3. The third kappa shape index (κ3) is 5.44. The molecule has 0 aliphatic carbocycles. The van der Waals surface area contributed by atoms with Crippen LogP contribution in [-0.2, 0) is 9.59 Å². The van der Waals surface area contributed by atoms with Crippen molar-refractivity contribution in [1.82, 2.24) is 10.2 Å². The minimum Gasteiger partial charge on any atom is -0.312 e. The number of nitrogens with one attached hydrogen (secondary N) is 1. The van der Waals surface area contributed by atoms with E-state index in [0.717, 1.165) is 26.7 Å². The third-order valence-corrected chi connectivity index (χ3v) is 8.06. The molecule has 176 valence electrons. The molecule has 4 aromatic rings. The number of amides is 2. The highest BCUT2D eigenvalue weighted by molar-refractivity contribution is 8.00. The summed E-state index contributed by atoms with van der Waals surface area (Å²) in [6.45, 7) is 2.57. The molecule has 1 N–H and O–H groups in total. The summed E-state index contributed by atoms with van der Waals surface area (Å²) < 4.78 is 0. The topological polar surface area (TPSA) is 75.2 Å². The number of aryl methyl sites for hydroxylation is 1. The van der Waals surface area contributed by atoms with Gasteiger partial charge in [0.1, 0.15) is 10.3 Å². The van der Waals surface area contributed by atoms with Crippen LogP contribution in [0.4, 0.5) is 10.8 Å². The fraction of sp³-hybridized carbons (Fsp3) is 0.185. The van der Waals surface area contributed by atoms with Gasteiger partial charge in [0.25, 0.3) is 0 Å². The molecule has 1 aliphatic rings. The van der Waals surface area contributed by atoms with Gasteiger partial charge < -0.3 is 4.90 Å². The zero-order valence-electron chi connectivity index (χ0n) is 19.1. The second-order valence-electron chi connectivity index (χ2n) is 8.40. The Kier molecular flexibility index (Phi) is 6.92. The van der Waals surface area contributed by atoms with Crippen LogP contribution in [-0.4, -0.2) is 28.6 Å². The van der Waals surface area contributed by atoms with Crippen LogP contribution in [0.25, 0.3) is 0 Å². The number of carbonyl (C=O) groups excluding carboxylic acids is 2. The summed E-state index contributed by atoms with van der Waals surface area (Å²) in [6.07, 6.45) is 0.382. The molecule has 0 saturated carbocycles. The van der Waals surface area contributed by atoms with Gasteiger partial charge >= 0.3 is 0 Å². The van der Waals surface area contributed by atoms with Gasteiger partial charge in [-0.15, -0.1) is 22.0 Å². The lowest BCUT2D eigenvalue weighted by Crippen LogP contribution is -2.24. The average molecular weight is 501 g/mol. The molecule has 2 amide bonds. The van der Waals surface area contributed by atoms with E-state index in [0.29, 0.717) is 18.1 Å². The highest BCUT2D eigenvalue weighted by atomic mass is 32.2. The van der Waals surface area contributed by atoms with Crippen LogP contribution in [0.2, 0.25) is 0 Å². The molecule has 5 rings (SSSR count). The standard InChI is InChI=1S/C27H24N4O2S2/c1-18-9-8-12-21(15-18)31-17-20(16-23(31)32)26-29-30-27(35-26)28-25(33)24(19-10-4-2-5-11-19)34-22-13-6-3-7-14-22/h2-15,20,24H,16-17H2,1H3,(H,28,30,33). The first-order valence-corrected chi connectivity index (χ1v) is 13.0. The van der Waals surface area contributed by atoms with E-state index in [1.807, 2.05) is 91.9 Å². The van der Waals surface area contributed by atoms with Crippen molar-refractivity contribution in [3.63, 3.8) is 0 Å². The van der Waals surface area contributed by atoms with E-state index in [-0.39, 0.29) is 17.7 Å². The summed E-state index contributed by atoms with van der Waals surface area (Å²) in [6, 6.07) is 27.5. The summed E-state index contributed by atoms with van der Waals surface area (Å²) in [5.41, 5.74) is 2.93. The molecule has 8 heteroatoms. The average Bonchev–Trinajstić information content (AvgIpc) is 3.50. The molecule has 2 unspecified atom stereocenters. The number of benzene rings is 3. The Bertz CT molecular complexity index is 1330. The predicted octanol–water partition coefficient (Wildman–Crippen LogP) is 5.84. The largest absolute Gasteiger partial charge is 0.312 e. The maximum absolute atomic E-state index is 13.3. The van der Waals surface area contributed by atoms with Crippen molar-refractivity contribution in [3.8, 4) is 0 Å². The molecule has 0 radical (unpaired) electrons. The molecular weight excluding hydrogens is 476 g/mol. The van der Waals surface area contributed by atoms with Crippen LogP contribution >= 0.6 is 23.1 Å². The lowest BCUT2D eigenvalue weighted by Gasteiger charge is -2.16. The maximum atomic E-state index is 13.3. The zero-order chi connectivity index (χ0) is 24.2. The minimum absolute atomic E-state index is 0.0465. The van der Waals surface area contributed by atoms with E-state index in [9.17, 15) is 9.59 Å². The van der Waals surface area contributed by atoms with E-state index in [2.05, 4.69) is 15.5 Å². The molecule has 1 aromatic heterocycles. The molecule has 1 fully saturated rings. The number of hydrogen-bond donors (Lipinski definition) is 1. The van der Waals surface area contributed by atoms with Crippen molar-refractivity contribution in [3.05, 3.63) is 101 Å². The van der Waals surface area contributed by atoms with Crippen molar-refractivity contribution in [2.24, 2.45) is 0 Å². The monoisotopic (exact) mass is 500 g/mol. The summed E-state index contributed by atoms with van der Waals surface area (Å²) in [4.78, 5) is 28.8. The van der Waals surface area contributed by atoms with Crippen molar-refractivity contribution < 1.29 is 9.59 Å². The zero-order valence-corrected chi connectivity index (χ0v) is 20.8. The first-order chi connectivity index (χ1) is 17.1. The second-order valence-corrected chi connectivity index (χ2v) is 10.6. The van der Waals surface area contributed by atoms with Gasteiger partial charge in [-0.05, 0) is 42.3 Å². The Morgan fingerprint density at radius 1 is 1.03 bits per heavy atom. The van der Waals surface area contributed by atoms with Crippen LogP contribution in [0.5, 0.6) is 0 Å². The van der Waals surface area contributed by atoms with E-state index in [4.69, 9.17) is 0 Å².